The standard InChI is InChI=1S/C17H15N3O3S/c21-15(19-20-16(22)11-6-2-1-3-7-11)10-14-17(23)18-12-8-4-5-9-13(12)24-14/h1-9,14H,10H2,(H,18,23)(H,19,21)(H,20,22)/t14-/m0/s1. The number of nitrogens with one attached hydrogen (secondary N) is 3. The number of hydrogen-bond donors (Lipinski definition) is 3. The van der Waals surface area contributed by atoms with E-state index in [4.69, 9.17) is 0 Å². The van der Waals surface area contributed by atoms with Crippen molar-refractivity contribution in [3.63, 3.8) is 0 Å². The molecule has 122 valence electrons. The van der Waals surface area contributed by atoms with Crippen LogP contribution in [0.2, 0.25) is 0 Å². The van der Waals surface area contributed by atoms with Gasteiger partial charge < -0.3 is 5.32 Å². The Kier molecular flexibility index (Phi) is 4.81. The fourth-order valence-electron chi connectivity index (χ4n) is 2.23. The lowest BCUT2D eigenvalue weighted by Crippen LogP contribution is -2.44. The average Bonchev–Trinajstić information content (AvgIpc) is 2.61. The van der Waals surface area contributed by atoms with Gasteiger partial charge in [0, 0.05) is 16.9 Å². The predicted molar refractivity (Wildman–Crippen MR) is 91.4 cm³/mol. The zero-order chi connectivity index (χ0) is 16.9. The molecule has 1 atom stereocenters. The maximum Gasteiger partial charge on any atom is 0.269 e. The van der Waals surface area contributed by atoms with E-state index in [-0.39, 0.29) is 12.3 Å². The zero-order valence-corrected chi connectivity index (χ0v) is 13.4. The molecule has 0 bridgehead atoms. The SMILES string of the molecule is O=C(C[C@@H]1Sc2ccccc2NC1=O)NNC(=O)c1ccccc1. The topological polar surface area (TPSA) is 87.3 Å². The molecule has 0 saturated carbocycles. The van der Waals surface area contributed by atoms with Crippen molar-refractivity contribution in [2.45, 2.75) is 16.6 Å². The van der Waals surface area contributed by atoms with Crippen LogP contribution < -0.4 is 16.2 Å². The van der Waals surface area contributed by atoms with E-state index >= 15 is 0 Å². The van der Waals surface area contributed by atoms with Crippen LogP contribution in [0.15, 0.2) is 59.5 Å². The van der Waals surface area contributed by atoms with Crippen LogP contribution in [0.25, 0.3) is 0 Å². The molecule has 24 heavy (non-hydrogen) atoms. The molecule has 2 aromatic rings. The summed E-state index contributed by atoms with van der Waals surface area (Å²) in [5.74, 6) is -1.05. The molecule has 3 N–H and O–H groups in total. The Bertz CT molecular complexity index is 780. The van der Waals surface area contributed by atoms with E-state index in [9.17, 15) is 14.4 Å². The first-order valence-electron chi connectivity index (χ1n) is 7.34. The second-order valence-corrected chi connectivity index (χ2v) is 6.41. The van der Waals surface area contributed by atoms with Gasteiger partial charge in [0.15, 0.2) is 0 Å². The Hall–Kier alpha value is -2.80. The monoisotopic (exact) mass is 341 g/mol. The highest BCUT2D eigenvalue weighted by molar-refractivity contribution is 8.01. The Morgan fingerprint density at radius 2 is 1.71 bits per heavy atom. The molecule has 3 amide bonds. The third-order valence-corrected chi connectivity index (χ3v) is 4.70. The van der Waals surface area contributed by atoms with Crippen LogP contribution in [0.5, 0.6) is 0 Å². The molecule has 0 saturated heterocycles. The Labute approximate surface area is 143 Å². The minimum absolute atomic E-state index is 0.0279. The molecule has 2 aromatic carbocycles. The van der Waals surface area contributed by atoms with E-state index in [0.29, 0.717) is 5.56 Å². The molecular formula is C17H15N3O3S. The first-order chi connectivity index (χ1) is 11.6. The smallest absolute Gasteiger partial charge is 0.269 e. The number of carbonyl (C=O) groups excluding carboxylic acids is 3. The van der Waals surface area contributed by atoms with Gasteiger partial charge in [0.25, 0.3) is 5.91 Å². The fraction of sp³-hybridized carbons (Fsp3) is 0.118. The van der Waals surface area contributed by atoms with E-state index in [1.54, 1.807) is 30.3 Å². The summed E-state index contributed by atoms with van der Waals surface area (Å²) in [7, 11) is 0. The molecule has 0 aliphatic carbocycles. The molecule has 0 aromatic heterocycles. The maximum absolute atomic E-state index is 12.1. The van der Waals surface area contributed by atoms with Crippen molar-refractivity contribution in [2.24, 2.45) is 0 Å². The summed E-state index contributed by atoms with van der Waals surface area (Å²) < 4.78 is 0. The van der Waals surface area contributed by atoms with Gasteiger partial charge in [-0.2, -0.15) is 0 Å². The minimum atomic E-state index is -0.534. The van der Waals surface area contributed by atoms with E-state index in [1.165, 1.54) is 11.8 Å². The summed E-state index contributed by atoms with van der Waals surface area (Å²) in [5.41, 5.74) is 5.88. The lowest BCUT2D eigenvalue weighted by molar-refractivity contribution is -0.124. The number of benzene rings is 2. The molecule has 1 aliphatic rings. The number of hydrazine groups is 1. The summed E-state index contributed by atoms with van der Waals surface area (Å²) in [4.78, 5) is 36.8. The first kappa shape index (κ1) is 16.1. The second kappa shape index (κ2) is 7.18. The summed E-state index contributed by atoms with van der Waals surface area (Å²) in [6, 6.07) is 16.0. The Balaban J connectivity index is 1.54. The Morgan fingerprint density at radius 1 is 1.00 bits per heavy atom. The maximum atomic E-state index is 12.1. The van der Waals surface area contributed by atoms with E-state index in [0.717, 1.165) is 10.6 Å². The summed E-state index contributed by atoms with van der Waals surface area (Å²) in [6.07, 6.45) is -0.0279. The lowest BCUT2D eigenvalue weighted by atomic mass is 10.2. The van der Waals surface area contributed by atoms with Crippen molar-refractivity contribution in [1.82, 2.24) is 10.9 Å². The number of thioether (sulfide) groups is 1. The first-order valence-corrected chi connectivity index (χ1v) is 8.22. The number of para-hydroxylation sites is 1. The fourth-order valence-corrected chi connectivity index (χ4v) is 3.35. The highest BCUT2D eigenvalue weighted by Crippen LogP contribution is 2.36. The summed E-state index contributed by atoms with van der Waals surface area (Å²) >= 11 is 1.34. The van der Waals surface area contributed by atoms with Gasteiger partial charge in [-0.1, -0.05) is 30.3 Å². The van der Waals surface area contributed by atoms with Gasteiger partial charge in [-0.15, -0.1) is 11.8 Å². The third kappa shape index (κ3) is 3.75. The molecule has 0 unspecified atom stereocenters. The number of carbonyl (C=O) groups is 3. The van der Waals surface area contributed by atoms with E-state index < -0.39 is 17.1 Å². The lowest BCUT2D eigenvalue weighted by Gasteiger charge is -2.23. The van der Waals surface area contributed by atoms with E-state index in [1.807, 2.05) is 24.3 Å². The third-order valence-electron chi connectivity index (χ3n) is 3.43. The highest BCUT2D eigenvalue weighted by Gasteiger charge is 2.28. The molecule has 0 radical (unpaired) electrons. The van der Waals surface area contributed by atoms with Crippen LogP contribution in [0.4, 0.5) is 5.69 Å². The van der Waals surface area contributed by atoms with Crippen molar-refractivity contribution in [3.05, 3.63) is 60.2 Å². The van der Waals surface area contributed by atoms with Gasteiger partial charge in [-0.05, 0) is 24.3 Å². The minimum Gasteiger partial charge on any atom is -0.324 e. The molecule has 6 nitrogen and oxygen atoms in total. The quantitative estimate of drug-likeness (QED) is 0.745. The Morgan fingerprint density at radius 3 is 2.50 bits per heavy atom. The largest absolute Gasteiger partial charge is 0.324 e. The van der Waals surface area contributed by atoms with Crippen LogP contribution >= 0.6 is 11.8 Å². The van der Waals surface area contributed by atoms with Crippen molar-refractivity contribution in [3.8, 4) is 0 Å². The number of amides is 3. The van der Waals surface area contributed by atoms with Gasteiger partial charge in [0.2, 0.25) is 11.8 Å². The molecule has 0 spiro atoms. The van der Waals surface area contributed by atoms with Crippen LogP contribution in [-0.4, -0.2) is 23.0 Å². The number of rotatable bonds is 3. The van der Waals surface area contributed by atoms with Gasteiger partial charge in [-0.25, -0.2) is 0 Å². The van der Waals surface area contributed by atoms with Gasteiger partial charge in [0.1, 0.15) is 0 Å². The number of hydrogen-bond acceptors (Lipinski definition) is 4. The molecule has 7 heteroatoms. The number of fused-ring (bicyclic) bond motifs is 1. The summed E-state index contributed by atoms with van der Waals surface area (Å²) in [5, 5.41) is 2.25. The van der Waals surface area contributed by atoms with Crippen LogP contribution in [0, 0.1) is 0 Å². The molecule has 1 heterocycles. The molecule has 0 fully saturated rings. The van der Waals surface area contributed by atoms with Gasteiger partial charge in [0.05, 0.1) is 10.9 Å². The van der Waals surface area contributed by atoms with E-state index in [2.05, 4.69) is 16.2 Å². The molecule has 3 rings (SSSR count). The van der Waals surface area contributed by atoms with Crippen molar-refractivity contribution >= 4 is 35.2 Å². The highest BCUT2D eigenvalue weighted by atomic mass is 32.2. The zero-order valence-electron chi connectivity index (χ0n) is 12.6. The van der Waals surface area contributed by atoms with Gasteiger partial charge in [-0.3, -0.25) is 25.2 Å². The van der Waals surface area contributed by atoms with Crippen LogP contribution in [-0.2, 0) is 9.59 Å². The summed E-state index contributed by atoms with van der Waals surface area (Å²) in [6.45, 7) is 0. The van der Waals surface area contributed by atoms with Crippen molar-refractivity contribution in [1.29, 1.82) is 0 Å². The predicted octanol–water partition coefficient (Wildman–Crippen LogP) is 1.95. The molecule has 1 aliphatic heterocycles. The molecular weight excluding hydrogens is 326 g/mol. The normalized spacial score (nSPS) is 15.8. The number of anilines is 1. The second-order valence-electron chi connectivity index (χ2n) is 5.16. The average molecular weight is 341 g/mol. The van der Waals surface area contributed by atoms with Crippen molar-refractivity contribution < 1.29 is 14.4 Å². The van der Waals surface area contributed by atoms with Crippen molar-refractivity contribution in [2.75, 3.05) is 5.32 Å². The van der Waals surface area contributed by atoms with Crippen LogP contribution in [0.1, 0.15) is 16.8 Å². The van der Waals surface area contributed by atoms with Gasteiger partial charge >= 0.3 is 0 Å². The van der Waals surface area contributed by atoms with Crippen LogP contribution in [0.3, 0.4) is 0 Å².